The van der Waals surface area contributed by atoms with Crippen LogP contribution in [-0.2, 0) is 4.74 Å². The summed E-state index contributed by atoms with van der Waals surface area (Å²) in [5.41, 5.74) is -0.550. The molecular formula is C9H17NO2. The Morgan fingerprint density at radius 1 is 1.50 bits per heavy atom. The molecular weight excluding hydrogens is 154 g/mol. The Morgan fingerprint density at radius 3 is 2.58 bits per heavy atom. The Labute approximate surface area is 73.3 Å². The first kappa shape index (κ1) is 8.48. The normalized spacial score (nSPS) is 46.5. The fourth-order valence-corrected chi connectivity index (χ4v) is 2.56. The predicted octanol–water partition coefficient (Wildman–Crippen LogP) is 0.0895. The minimum Gasteiger partial charge on any atom is -0.386 e. The number of nitrogens with zero attached hydrogens (tertiary/aromatic N) is 1. The molecule has 0 aromatic rings. The highest BCUT2D eigenvalue weighted by Gasteiger charge is 2.45. The fourth-order valence-electron chi connectivity index (χ4n) is 2.56. The Bertz CT molecular complexity index is 166. The molecule has 1 unspecified atom stereocenters. The third-order valence-electron chi connectivity index (χ3n) is 3.24. The lowest BCUT2D eigenvalue weighted by atomic mass is 9.76. The van der Waals surface area contributed by atoms with Crippen molar-refractivity contribution in [1.82, 2.24) is 4.90 Å². The Balaban J connectivity index is 2.06. The molecule has 3 fully saturated rings. The maximum absolute atomic E-state index is 10.2. The summed E-state index contributed by atoms with van der Waals surface area (Å²) in [6.07, 6.45) is 2.28. The van der Waals surface area contributed by atoms with Crippen LogP contribution in [0.25, 0.3) is 0 Å². The lowest BCUT2D eigenvalue weighted by Gasteiger charge is -2.50. The molecule has 3 rings (SSSR count). The molecule has 3 heteroatoms. The molecule has 3 aliphatic rings. The molecule has 0 aromatic carbocycles. The van der Waals surface area contributed by atoms with Gasteiger partial charge in [0.05, 0.1) is 6.61 Å². The summed E-state index contributed by atoms with van der Waals surface area (Å²) >= 11 is 0. The molecule has 0 aromatic heterocycles. The van der Waals surface area contributed by atoms with Crippen LogP contribution in [0.15, 0.2) is 0 Å². The number of piperidine rings is 3. The molecule has 3 saturated heterocycles. The van der Waals surface area contributed by atoms with Gasteiger partial charge in [0.15, 0.2) is 0 Å². The molecule has 0 radical (unpaired) electrons. The predicted molar refractivity (Wildman–Crippen MR) is 46.0 cm³/mol. The van der Waals surface area contributed by atoms with Gasteiger partial charge < -0.3 is 14.7 Å². The summed E-state index contributed by atoms with van der Waals surface area (Å²) in [6.45, 7) is 3.63. The van der Waals surface area contributed by atoms with E-state index in [9.17, 15) is 5.11 Å². The summed E-state index contributed by atoms with van der Waals surface area (Å²) in [6, 6.07) is 0. The monoisotopic (exact) mass is 171 g/mol. The van der Waals surface area contributed by atoms with Gasteiger partial charge in [-0.1, -0.05) is 0 Å². The van der Waals surface area contributed by atoms with Gasteiger partial charge in [-0.2, -0.15) is 0 Å². The smallest absolute Gasteiger partial charge is 0.103 e. The number of rotatable bonds is 2. The molecule has 0 amide bonds. The van der Waals surface area contributed by atoms with Gasteiger partial charge in [-0.05, 0) is 31.8 Å². The SMILES string of the molecule is COCC1(O)CN2CCC1CC2. The quantitative estimate of drug-likeness (QED) is 0.639. The Kier molecular flexibility index (Phi) is 2.10. The zero-order valence-electron chi connectivity index (χ0n) is 7.62. The highest BCUT2D eigenvalue weighted by atomic mass is 16.5. The highest BCUT2D eigenvalue weighted by Crippen LogP contribution is 2.35. The van der Waals surface area contributed by atoms with Gasteiger partial charge in [-0.25, -0.2) is 0 Å². The van der Waals surface area contributed by atoms with Gasteiger partial charge >= 0.3 is 0 Å². The lowest BCUT2D eigenvalue weighted by molar-refractivity contribution is -0.142. The summed E-state index contributed by atoms with van der Waals surface area (Å²) in [7, 11) is 1.66. The van der Waals surface area contributed by atoms with E-state index in [2.05, 4.69) is 4.90 Å². The van der Waals surface area contributed by atoms with Crippen LogP contribution in [0, 0.1) is 5.92 Å². The van der Waals surface area contributed by atoms with Crippen molar-refractivity contribution >= 4 is 0 Å². The first-order valence-corrected chi connectivity index (χ1v) is 4.68. The Morgan fingerprint density at radius 2 is 2.17 bits per heavy atom. The molecule has 3 heterocycles. The summed E-state index contributed by atoms with van der Waals surface area (Å²) in [5, 5.41) is 10.2. The summed E-state index contributed by atoms with van der Waals surface area (Å²) in [5.74, 6) is 0.474. The number of fused-ring (bicyclic) bond motifs is 3. The van der Waals surface area contributed by atoms with Crippen molar-refractivity contribution in [3.8, 4) is 0 Å². The van der Waals surface area contributed by atoms with Crippen LogP contribution in [-0.4, -0.2) is 49.0 Å². The third kappa shape index (κ3) is 1.26. The number of aliphatic hydroxyl groups is 1. The second-order valence-corrected chi connectivity index (χ2v) is 4.09. The summed E-state index contributed by atoms with van der Waals surface area (Å²) < 4.78 is 5.06. The molecule has 0 saturated carbocycles. The van der Waals surface area contributed by atoms with E-state index in [0.29, 0.717) is 12.5 Å². The molecule has 2 bridgehead atoms. The standard InChI is InChI=1S/C9H17NO2/c1-12-7-9(11)6-10-4-2-8(9)3-5-10/h8,11H,2-7H2,1H3. The molecule has 0 aliphatic carbocycles. The van der Waals surface area contributed by atoms with Gasteiger partial charge in [-0.15, -0.1) is 0 Å². The van der Waals surface area contributed by atoms with E-state index in [4.69, 9.17) is 4.74 Å². The highest BCUT2D eigenvalue weighted by molar-refractivity contribution is 4.98. The van der Waals surface area contributed by atoms with Crippen molar-refractivity contribution in [1.29, 1.82) is 0 Å². The van der Waals surface area contributed by atoms with Crippen molar-refractivity contribution in [2.24, 2.45) is 5.92 Å². The minimum atomic E-state index is -0.550. The molecule has 1 atom stereocenters. The van der Waals surface area contributed by atoms with E-state index in [0.717, 1.165) is 32.5 Å². The number of hydrogen-bond donors (Lipinski definition) is 1. The van der Waals surface area contributed by atoms with E-state index < -0.39 is 5.60 Å². The topological polar surface area (TPSA) is 32.7 Å². The first-order valence-electron chi connectivity index (χ1n) is 4.68. The Hall–Kier alpha value is -0.120. The van der Waals surface area contributed by atoms with Crippen molar-refractivity contribution in [3.05, 3.63) is 0 Å². The van der Waals surface area contributed by atoms with Gasteiger partial charge in [0.2, 0.25) is 0 Å². The maximum atomic E-state index is 10.2. The average Bonchev–Trinajstić information content (AvgIpc) is 2.05. The first-order chi connectivity index (χ1) is 5.74. The van der Waals surface area contributed by atoms with Gasteiger partial charge in [0.25, 0.3) is 0 Å². The maximum Gasteiger partial charge on any atom is 0.103 e. The summed E-state index contributed by atoms with van der Waals surface area (Å²) in [4.78, 5) is 2.33. The van der Waals surface area contributed by atoms with Gasteiger partial charge in [0.1, 0.15) is 5.60 Å². The molecule has 3 aliphatic heterocycles. The zero-order valence-corrected chi connectivity index (χ0v) is 7.62. The van der Waals surface area contributed by atoms with Crippen LogP contribution in [0.1, 0.15) is 12.8 Å². The molecule has 70 valence electrons. The molecule has 0 spiro atoms. The van der Waals surface area contributed by atoms with Crippen molar-refractivity contribution in [2.75, 3.05) is 33.4 Å². The van der Waals surface area contributed by atoms with E-state index in [1.54, 1.807) is 7.11 Å². The largest absolute Gasteiger partial charge is 0.386 e. The van der Waals surface area contributed by atoms with Crippen LogP contribution in [0.5, 0.6) is 0 Å². The van der Waals surface area contributed by atoms with Crippen LogP contribution >= 0.6 is 0 Å². The van der Waals surface area contributed by atoms with E-state index >= 15 is 0 Å². The van der Waals surface area contributed by atoms with Gasteiger partial charge in [-0.3, -0.25) is 0 Å². The average molecular weight is 171 g/mol. The van der Waals surface area contributed by atoms with Crippen LogP contribution in [0.4, 0.5) is 0 Å². The van der Waals surface area contributed by atoms with Crippen LogP contribution < -0.4 is 0 Å². The second-order valence-electron chi connectivity index (χ2n) is 4.09. The minimum absolute atomic E-state index is 0.474. The van der Waals surface area contributed by atoms with E-state index in [1.807, 2.05) is 0 Å². The van der Waals surface area contributed by atoms with Crippen molar-refractivity contribution in [2.45, 2.75) is 18.4 Å². The molecule has 12 heavy (non-hydrogen) atoms. The van der Waals surface area contributed by atoms with Crippen molar-refractivity contribution < 1.29 is 9.84 Å². The molecule has 1 N–H and O–H groups in total. The number of methoxy groups -OCH3 is 1. The van der Waals surface area contributed by atoms with Gasteiger partial charge in [0, 0.05) is 13.7 Å². The third-order valence-corrected chi connectivity index (χ3v) is 3.24. The second kappa shape index (κ2) is 2.98. The number of hydrogen-bond acceptors (Lipinski definition) is 3. The zero-order chi connectivity index (χ0) is 8.60. The lowest BCUT2D eigenvalue weighted by Crippen LogP contribution is -2.61. The fraction of sp³-hybridized carbons (Fsp3) is 1.00. The van der Waals surface area contributed by atoms with Crippen molar-refractivity contribution in [3.63, 3.8) is 0 Å². The number of ether oxygens (including phenoxy) is 1. The van der Waals surface area contributed by atoms with E-state index in [-0.39, 0.29) is 0 Å². The van der Waals surface area contributed by atoms with Crippen LogP contribution in [0.3, 0.4) is 0 Å². The molecule has 3 nitrogen and oxygen atoms in total. The van der Waals surface area contributed by atoms with E-state index in [1.165, 1.54) is 0 Å². The van der Waals surface area contributed by atoms with Crippen LogP contribution in [0.2, 0.25) is 0 Å².